The monoisotopic (exact) mass is 394 g/mol. The minimum atomic E-state index is -0.674. The van der Waals surface area contributed by atoms with Crippen molar-refractivity contribution in [3.63, 3.8) is 0 Å². The van der Waals surface area contributed by atoms with Crippen LogP contribution in [0, 0.1) is 16.0 Å². The van der Waals surface area contributed by atoms with Crippen molar-refractivity contribution in [1.29, 1.82) is 0 Å². The number of hydrogen-bond donors (Lipinski definition) is 0. The Morgan fingerprint density at radius 2 is 1.93 bits per heavy atom. The molecule has 10 heteroatoms. The van der Waals surface area contributed by atoms with E-state index in [0.29, 0.717) is 32.5 Å². The summed E-state index contributed by atoms with van der Waals surface area (Å²) in [5.74, 6) is -1.72. The van der Waals surface area contributed by atoms with Gasteiger partial charge in [-0.1, -0.05) is 0 Å². The number of nitro groups is 1. The molecule has 1 aliphatic rings. The molecule has 0 unspecified atom stereocenters. The number of ether oxygens (including phenoxy) is 3. The van der Waals surface area contributed by atoms with E-state index in [4.69, 9.17) is 9.47 Å². The smallest absolute Gasteiger partial charge is 0.337 e. The molecular weight excluding hydrogens is 372 g/mol. The summed E-state index contributed by atoms with van der Waals surface area (Å²) in [5.41, 5.74) is -0.285. The van der Waals surface area contributed by atoms with Gasteiger partial charge in [0, 0.05) is 25.2 Å². The molecule has 1 saturated heterocycles. The Labute approximate surface area is 161 Å². The van der Waals surface area contributed by atoms with Gasteiger partial charge in [0.1, 0.15) is 0 Å². The van der Waals surface area contributed by atoms with Gasteiger partial charge in [-0.05, 0) is 25.8 Å². The second-order valence-electron chi connectivity index (χ2n) is 6.13. The molecule has 0 saturated carbocycles. The van der Waals surface area contributed by atoms with Crippen LogP contribution in [0.15, 0.2) is 18.2 Å². The predicted octanol–water partition coefficient (Wildman–Crippen LogP) is 1.56. The van der Waals surface area contributed by atoms with Gasteiger partial charge in [0.2, 0.25) is 0 Å². The van der Waals surface area contributed by atoms with E-state index in [1.54, 1.807) is 6.92 Å². The van der Waals surface area contributed by atoms with Crippen LogP contribution in [-0.4, -0.2) is 61.1 Å². The number of hydrogen-bond acceptors (Lipinski definition) is 8. The van der Waals surface area contributed by atoms with Crippen LogP contribution >= 0.6 is 0 Å². The van der Waals surface area contributed by atoms with Crippen LogP contribution in [0.3, 0.4) is 0 Å². The first-order valence-corrected chi connectivity index (χ1v) is 8.81. The Hall–Kier alpha value is -3.17. The summed E-state index contributed by atoms with van der Waals surface area (Å²) in [7, 11) is 1.19. The molecule has 1 fully saturated rings. The van der Waals surface area contributed by atoms with Gasteiger partial charge in [-0.2, -0.15) is 0 Å². The van der Waals surface area contributed by atoms with Crippen LogP contribution in [0.1, 0.15) is 30.1 Å². The van der Waals surface area contributed by atoms with E-state index in [1.807, 2.05) is 0 Å². The van der Waals surface area contributed by atoms with Crippen molar-refractivity contribution in [3.05, 3.63) is 33.9 Å². The lowest BCUT2D eigenvalue weighted by molar-refractivity contribution is -0.385. The van der Waals surface area contributed by atoms with E-state index >= 15 is 0 Å². The van der Waals surface area contributed by atoms with E-state index in [9.17, 15) is 24.5 Å². The molecular formula is C18H22N2O8. The number of nitrogens with zero attached hydrogens (tertiary/aromatic N) is 2. The zero-order valence-corrected chi connectivity index (χ0v) is 15.7. The maximum atomic E-state index is 12.4. The third-order valence-corrected chi connectivity index (χ3v) is 4.40. The van der Waals surface area contributed by atoms with Crippen molar-refractivity contribution >= 4 is 23.5 Å². The average Bonchev–Trinajstić information content (AvgIpc) is 2.71. The molecule has 10 nitrogen and oxygen atoms in total. The number of likely N-dealkylation sites (tertiary alicyclic amines) is 1. The van der Waals surface area contributed by atoms with E-state index in [-0.39, 0.29) is 34.8 Å². The number of nitro benzene ring substituents is 1. The molecule has 0 bridgehead atoms. The van der Waals surface area contributed by atoms with Crippen molar-refractivity contribution < 1.29 is 33.5 Å². The Kier molecular flexibility index (Phi) is 7.30. The molecule has 28 heavy (non-hydrogen) atoms. The highest BCUT2D eigenvalue weighted by atomic mass is 16.6. The molecule has 0 aliphatic carbocycles. The van der Waals surface area contributed by atoms with Gasteiger partial charge in [0.15, 0.2) is 12.4 Å². The molecule has 152 valence electrons. The standard InChI is InChI=1S/C18H22N2O8/c1-3-27-18(23)12-6-8-19(9-7-12)16(21)11-28-15-10-13(17(22)26-2)4-5-14(15)20(24)25/h4-5,10,12H,3,6-9,11H2,1-2H3. The number of carbonyl (C=O) groups is 3. The van der Waals surface area contributed by atoms with Crippen LogP contribution in [0.2, 0.25) is 0 Å². The van der Waals surface area contributed by atoms with Gasteiger partial charge in [-0.15, -0.1) is 0 Å². The van der Waals surface area contributed by atoms with E-state index < -0.39 is 17.5 Å². The second kappa shape index (κ2) is 9.67. The third-order valence-electron chi connectivity index (χ3n) is 4.40. The number of esters is 2. The number of rotatable bonds is 7. The van der Waals surface area contributed by atoms with Crippen molar-refractivity contribution in [2.24, 2.45) is 5.92 Å². The van der Waals surface area contributed by atoms with Crippen LogP contribution < -0.4 is 4.74 Å². The highest BCUT2D eigenvalue weighted by molar-refractivity contribution is 5.90. The summed E-state index contributed by atoms with van der Waals surface area (Å²) < 4.78 is 14.9. The van der Waals surface area contributed by atoms with Crippen LogP contribution in [0.5, 0.6) is 5.75 Å². The summed E-state index contributed by atoms with van der Waals surface area (Å²) >= 11 is 0. The molecule has 1 aromatic carbocycles. The fourth-order valence-corrected chi connectivity index (χ4v) is 2.88. The van der Waals surface area contributed by atoms with Gasteiger partial charge in [0.25, 0.3) is 5.91 Å². The molecule has 0 atom stereocenters. The molecule has 0 N–H and O–H groups in total. The number of carbonyl (C=O) groups excluding carboxylic acids is 3. The minimum absolute atomic E-state index is 0.0748. The number of amides is 1. The number of piperidine rings is 1. The zero-order valence-electron chi connectivity index (χ0n) is 15.7. The molecule has 1 aromatic rings. The topological polar surface area (TPSA) is 125 Å². The molecule has 0 radical (unpaired) electrons. The fourth-order valence-electron chi connectivity index (χ4n) is 2.88. The van der Waals surface area contributed by atoms with Crippen molar-refractivity contribution in [2.75, 3.05) is 33.4 Å². The normalized spacial score (nSPS) is 14.3. The van der Waals surface area contributed by atoms with Crippen LogP contribution in [0.4, 0.5) is 5.69 Å². The Bertz CT molecular complexity index is 756. The first-order chi connectivity index (χ1) is 13.4. The number of benzene rings is 1. The molecule has 0 aromatic heterocycles. The third kappa shape index (κ3) is 5.18. The molecule has 1 aliphatic heterocycles. The first kappa shape index (κ1) is 21.1. The zero-order chi connectivity index (χ0) is 20.7. The highest BCUT2D eigenvalue weighted by Crippen LogP contribution is 2.28. The van der Waals surface area contributed by atoms with Crippen LogP contribution in [0.25, 0.3) is 0 Å². The second-order valence-corrected chi connectivity index (χ2v) is 6.13. The highest BCUT2D eigenvalue weighted by Gasteiger charge is 2.29. The summed E-state index contributed by atoms with van der Waals surface area (Å²) in [6, 6.07) is 3.54. The van der Waals surface area contributed by atoms with Gasteiger partial charge >= 0.3 is 17.6 Å². The fraction of sp³-hybridized carbons (Fsp3) is 0.500. The van der Waals surface area contributed by atoms with Crippen LogP contribution in [-0.2, 0) is 19.1 Å². The lowest BCUT2D eigenvalue weighted by Crippen LogP contribution is -2.42. The van der Waals surface area contributed by atoms with Gasteiger partial charge in [0.05, 0.1) is 30.1 Å². The Balaban J connectivity index is 1.98. The molecule has 1 heterocycles. The summed E-state index contributed by atoms with van der Waals surface area (Å²) in [6.07, 6.45) is 0.977. The van der Waals surface area contributed by atoms with Gasteiger partial charge in [-0.25, -0.2) is 4.79 Å². The van der Waals surface area contributed by atoms with Gasteiger partial charge in [-0.3, -0.25) is 19.7 Å². The van der Waals surface area contributed by atoms with Crippen molar-refractivity contribution in [3.8, 4) is 5.75 Å². The molecule has 0 spiro atoms. The van der Waals surface area contributed by atoms with Crippen molar-refractivity contribution in [1.82, 2.24) is 4.90 Å². The van der Waals surface area contributed by atoms with Gasteiger partial charge < -0.3 is 19.1 Å². The lowest BCUT2D eigenvalue weighted by Gasteiger charge is -2.30. The summed E-state index contributed by atoms with van der Waals surface area (Å²) in [6.45, 7) is 2.37. The Morgan fingerprint density at radius 1 is 1.25 bits per heavy atom. The maximum Gasteiger partial charge on any atom is 0.337 e. The largest absolute Gasteiger partial charge is 0.477 e. The molecule has 1 amide bonds. The lowest BCUT2D eigenvalue weighted by atomic mass is 9.97. The quantitative estimate of drug-likeness (QED) is 0.387. The van der Waals surface area contributed by atoms with E-state index in [2.05, 4.69) is 4.74 Å². The minimum Gasteiger partial charge on any atom is -0.477 e. The first-order valence-electron chi connectivity index (χ1n) is 8.81. The SMILES string of the molecule is CCOC(=O)C1CCN(C(=O)COc2cc(C(=O)OC)ccc2[N+](=O)[O-])CC1. The summed E-state index contributed by atoms with van der Waals surface area (Å²) in [5, 5.41) is 11.1. The Morgan fingerprint density at radius 3 is 2.50 bits per heavy atom. The number of methoxy groups -OCH3 is 1. The predicted molar refractivity (Wildman–Crippen MR) is 95.9 cm³/mol. The maximum absolute atomic E-state index is 12.4. The average molecular weight is 394 g/mol. The molecule has 2 rings (SSSR count). The summed E-state index contributed by atoms with van der Waals surface area (Å²) in [4.78, 5) is 47.7. The van der Waals surface area contributed by atoms with Crippen molar-refractivity contribution in [2.45, 2.75) is 19.8 Å². The van der Waals surface area contributed by atoms with E-state index in [1.165, 1.54) is 24.1 Å². The van der Waals surface area contributed by atoms with E-state index in [0.717, 1.165) is 6.07 Å².